The molecule has 0 N–H and O–H groups in total. The molecule has 29 heavy (non-hydrogen) atoms. The quantitative estimate of drug-likeness (QED) is 0.434. The Balaban J connectivity index is 1.73. The normalized spacial score (nSPS) is 13.2. The molecule has 0 atom stereocenters. The van der Waals surface area contributed by atoms with E-state index in [9.17, 15) is 13.2 Å². The highest BCUT2D eigenvalue weighted by Gasteiger charge is 2.20. The van der Waals surface area contributed by atoms with Gasteiger partial charge in [0.15, 0.2) is 11.6 Å². The fourth-order valence-electron chi connectivity index (χ4n) is 3.97. The van der Waals surface area contributed by atoms with Gasteiger partial charge in [-0.2, -0.15) is 0 Å². The summed E-state index contributed by atoms with van der Waals surface area (Å²) in [6.07, 6.45) is 4.95. The van der Waals surface area contributed by atoms with Crippen LogP contribution in [0.2, 0.25) is 0 Å². The summed E-state index contributed by atoms with van der Waals surface area (Å²) in [5.41, 5.74) is 5.73. The van der Waals surface area contributed by atoms with Gasteiger partial charge in [-0.3, -0.25) is 0 Å². The Hall–Kier alpha value is -2.81. The summed E-state index contributed by atoms with van der Waals surface area (Å²) in [4.78, 5) is 0. The predicted octanol–water partition coefficient (Wildman–Crippen LogP) is 7.38. The molecule has 0 spiro atoms. The molecule has 0 heterocycles. The molecule has 1 aliphatic rings. The average Bonchev–Trinajstić information content (AvgIpc) is 2.75. The lowest BCUT2D eigenvalue weighted by molar-refractivity contribution is 0.501. The minimum atomic E-state index is -0.980. The van der Waals surface area contributed by atoms with E-state index >= 15 is 0 Å². The molecular weight excluding hydrogens is 369 g/mol. The zero-order valence-electron chi connectivity index (χ0n) is 16.7. The maximum Gasteiger partial charge on any atom is 0.167 e. The van der Waals surface area contributed by atoms with Crippen LogP contribution in [-0.2, 0) is 19.3 Å². The maximum absolute atomic E-state index is 14.9. The zero-order valence-corrected chi connectivity index (χ0v) is 16.7. The molecule has 148 valence electrons. The first-order valence-corrected chi connectivity index (χ1v) is 10.1. The van der Waals surface area contributed by atoms with Crippen LogP contribution in [0.3, 0.4) is 0 Å². The maximum atomic E-state index is 14.9. The number of allylic oxidation sites excluding steroid dienone is 1. The van der Waals surface area contributed by atoms with Crippen LogP contribution in [0.4, 0.5) is 13.2 Å². The van der Waals surface area contributed by atoms with Gasteiger partial charge in [0, 0.05) is 11.1 Å². The molecule has 0 fully saturated rings. The lowest BCUT2D eigenvalue weighted by Crippen LogP contribution is -2.03. The van der Waals surface area contributed by atoms with Crippen molar-refractivity contribution < 1.29 is 13.2 Å². The monoisotopic (exact) mass is 392 g/mol. The van der Waals surface area contributed by atoms with Crippen LogP contribution in [0, 0.1) is 17.5 Å². The van der Waals surface area contributed by atoms with Crippen LogP contribution in [0.25, 0.3) is 22.8 Å². The number of rotatable bonds is 4. The summed E-state index contributed by atoms with van der Waals surface area (Å²) >= 11 is 0. The molecule has 0 bridgehead atoms. The second kappa shape index (κ2) is 7.90. The SMILES string of the molecule is CCc1ccc(C2=Cc3cc(F)c(-c4ccc(CC)c(F)c4F)cc3CC2)cc1. The molecule has 0 radical (unpaired) electrons. The van der Waals surface area contributed by atoms with Gasteiger partial charge >= 0.3 is 0 Å². The molecule has 0 saturated carbocycles. The third kappa shape index (κ3) is 3.62. The van der Waals surface area contributed by atoms with Crippen LogP contribution in [0.15, 0.2) is 48.5 Å². The number of fused-ring (bicyclic) bond motifs is 1. The van der Waals surface area contributed by atoms with Gasteiger partial charge in [0.2, 0.25) is 0 Å². The van der Waals surface area contributed by atoms with Gasteiger partial charge in [-0.05, 0) is 71.2 Å². The fourth-order valence-corrected chi connectivity index (χ4v) is 3.97. The molecule has 3 heteroatoms. The summed E-state index contributed by atoms with van der Waals surface area (Å²) in [5.74, 6) is -2.41. The van der Waals surface area contributed by atoms with E-state index in [1.165, 1.54) is 23.8 Å². The summed E-state index contributed by atoms with van der Waals surface area (Å²) in [5, 5.41) is 0. The summed E-state index contributed by atoms with van der Waals surface area (Å²) < 4.78 is 43.6. The molecule has 1 aliphatic carbocycles. The van der Waals surface area contributed by atoms with E-state index in [1.54, 1.807) is 13.0 Å². The van der Waals surface area contributed by atoms with Crippen LogP contribution in [0.5, 0.6) is 0 Å². The van der Waals surface area contributed by atoms with Crippen molar-refractivity contribution >= 4 is 11.6 Å². The fraction of sp³-hybridized carbons (Fsp3) is 0.231. The van der Waals surface area contributed by atoms with Gasteiger partial charge in [0.25, 0.3) is 0 Å². The highest BCUT2D eigenvalue weighted by molar-refractivity contribution is 5.85. The minimum absolute atomic E-state index is 0.0232. The van der Waals surface area contributed by atoms with Gasteiger partial charge in [0.05, 0.1) is 0 Å². The summed E-state index contributed by atoms with van der Waals surface area (Å²) in [6, 6.07) is 14.6. The Morgan fingerprint density at radius 2 is 1.52 bits per heavy atom. The third-order valence-corrected chi connectivity index (χ3v) is 5.79. The van der Waals surface area contributed by atoms with E-state index < -0.39 is 17.5 Å². The van der Waals surface area contributed by atoms with Crippen molar-refractivity contribution in [3.8, 4) is 11.1 Å². The molecule has 3 aromatic rings. The van der Waals surface area contributed by atoms with Gasteiger partial charge in [-0.15, -0.1) is 0 Å². The van der Waals surface area contributed by atoms with Crippen LogP contribution in [0.1, 0.15) is 48.1 Å². The van der Waals surface area contributed by atoms with Gasteiger partial charge in [0.1, 0.15) is 5.82 Å². The van der Waals surface area contributed by atoms with Gasteiger partial charge < -0.3 is 0 Å². The van der Waals surface area contributed by atoms with Crippen LogP contribution in [-0.4, -0.2) is 0 Å². The molecule has 3 aromatic carbocycles. The number of aryl methyl sites for hydroxylation is 3. The van der Waals surface area contributed by atoms with E-state index in [0.717, 1.165) is 41.5 Å². The molecule has 0 amide bonds. The predicted molar refractivity (Wildman–Crippen MR) is 113 cm³/mol. The smallest absolute Gasteiger partial charge is 0.167 e. The molecule has 0 saturated heterocycles. The second-order valence-corrected chi connectivity index (χ2v) is 7.50. The Labute approximate surface area is 169 Å². The van der Waals surface area contributed by atoms with Crippen LogP contribution >= 0.6 is 0 Å². The number of hydrogen-bond acceptors (Lipinski definition) is 0. The lowest BCUT2D eigenvalue weighted by Gasteiger charge is -2.19. The van der Waals surface area contributed by atoms with Crippen molar-refractivity contribution in [3.05, 3.63) is 93.8 Å². The van der Waals surface area contributed by atoms with Gasteiger partial charge in [-0.1, -0.05) is 56.3 Å². The average molecular weight is 392 g/mol. The van der Waals surface area contributed by atoms with E-state index in [0.29, 0.717) is 12.0 Å². The molecule has 0 nitrogen and oxygen atoms in total. The summed E-state index contributed by atoms with van der Waals surface area (Å²) in [7, 11) is 0. The Kier molecular flexibility index (Phi) is 5.31. The minimum Gasteiger partial charge on any atom is -0.206 e. The highest BCUT2D eigenvalue weighted by atomic mass is 19.2. The van der Waals surface area contributed by atoms with Gasteiger partial charge in [-0.25, -0.2) is 13.2 Å². The number of halogens is 3. The Morgan fingerprint density at radius 1 is 0.759 bits per heavy atom. The first kappa shape index (κ1) is 19.5. The second-order valence-electron chi connectivity index (χ2n) is 7.50. The van der Waals surface area contributed by atoms with Crippen molar-refractivity contribution in [2.45, 2.75) is 39.5 Å². The third-order valence-electron chi connectivity index (χ3n) is 5.79. The van der Waals surface area contributed by atoms with Crippen molar-refractivity contribution in [1.29, 1.82) is 0 Å². The first-order valence-electron chi connectivity index (χ1n) is 10.1. The largest absolute Gasteiger partial charge is 0.206 e. The standard InChI is InChI=1S/C26H23F3/c1-3-16-5-7-18(8-6-16)19-9-10-20-14-23(24(27)15-21(20)13-19)22-12-11-17(4-2)25(28)26(22)29/h5-8,11-15H,3-4,9-10H2,1-2H3. The van der Waals surface area contributed by atoms with E-state index in [2.05, 4.69) is 31.2 Å². The molecule has 4 rings (SSSR count). The number of hydrogen-bond donors (Lipinski definition) is 0. The van der Waals surface area contributed by atoms with E-state index in [1.807, 2.05) is 6.08 Å². The Bertz CT molecular complexity index is 1090. The zero-order chi connectivity index (χ0) is 20.5. The van der Waals surface area contributed by atoms with Crippen molar-refractivity contribution in [2.24, 2.45) is 0 Å². The highest BCUT2D eigenvalue weighted by Crippen LogP contribution is 2.36. The molecule has 0 aliphatic heterocycles. The van der Waals surface area contributed by atoms with E-state index in [-0.39, 0.29) is 11.1 Å². The Morgan fingerprint density at radius 3 is 2.21 bits per heavy atom. The summed E-state index contributed by atoms with van der Waals surface area (Å²) in [6.45, 7) is 3.88. The lowest BCUT2D eigenvalue weighted by atomic mass is 9.86. The van der Waals surface area contributed by atoms with Crippen molar-refractivity contribution in [1.82, 2.24) is 0 Å². The first-order chi connectivity index (χ1) is 14.0. The van der Waals surface area contributed by atoms with Crippen molar-refractivity contribution in [2.75, 3.05) is 0 Å². The molecular formula is C26H23F3. The number of benzene rings is 3. The van der Waals surface area contributed by atoms with E-state index in [4.69, 9.17) is 0 Å². The van der Waals surface area contributed by atoms with Crippen LogP contribution < -0.4 is 0 Å². The van der Waals surface area contributed by atoms with Crippen molar-refractivity contribution in [3.63, 3.8) is 0 Å². The molecule has 0 unspecified atom stereocenters. The topological polar surface area (TPSA) is 0 Å². The molecule has 0 aromatic heterocycles.